The summed E-state index contributed by atoms with van der Waals surface area (Å²) < 4.78 is 29.6. The summed E-state index contributed by atoms with van der Waals surface area (Å²) in [6, 6.07) is 11.6. The van der Waals surface area contributed by atoms with E-state index in [9.17, 15) is 8.42 Å². The Labute approximate surface area is 124 Å². The molecular weight excluding hydrogens is 288 g/mol. The Morgan fingerprint density at radius 3 is 2.48 bits per heavy atom. The van der Waals surface area contributed by atoms with Gasteiger partial charge in [0.25, 0.3) is 0 Å². The standard InChI is InChI=1S/C15H16N2O3S/c1-12-2-5-14(20-12)11-17-8-9-21(18,19)15-6-3-13(10-16)4-7-15/h2-7,17H,8-9,11H2,1H3. The zero-order valence-electron chi connectivity index (χ0n) is 11.7. The molecule has 0 fully saturated rings. The number of aryl methyl sites for hydroxylation is 1. The van der Waals surface area contributed by atoms with E-state index in [1.54, 1.807) is 0 Å². The Morgan fingerprint density at radius 1 is 1.19 bits per heavy atom. The van der Waals surface area contributed by atoms with Crippen LogP contribution < -0.4 is 5.32 Å². The molecule has 0 atom stereocenters. The molecule has 0 aliphatic carbocycles. The second kappa shape index (κ2) is 6.57. The summed E-state index contributed by atoms with van der Waals surface area (Å²) in [6.07, 6.45) is 0. The lowest BCUT2D eigenvalue weighted by Crippen LogP contribution is -2.22. The normalized spacial score (nSPS) is 11.2. The highest BCUT2D eigenvalue weighted by molar-refractivity contribution is 7.91. The Morgan fingerprint density at radius 2 is 1.90 bits per heavy atom. The fourth-order valence-corrected chi connectivity index (χ4v) is 3.05. The van der Waals surface area contributed by atoms with Crippen LogP contribution in [-0.2, 0) is 16.4 Å². The third-order valence-corrected chi connectivity index (χ3v) is 4.72. The zero-order chi connectivity index (χ0) is 15.3. The largest absolute Gasteiger partial charge is 0.465 e. The van der Waals surface area contributed by atoms with Gasteiger partial charge in [-0.1, -0.05) is 0 Å². The maximum absolute atomic E-state index is 12.1. The predicted octanol–water partition coefficient (Wildman–Crippen LogP) is 2.02. The van der Waals surface area contributed by atoms with Gasteiger partial charge in [0.05, 0.1) is 28.8 Å². The average molecular weight is 304 g/mol. The maximum Gasteiger partial charge on any atom is 0.179 e. The molecule has 1 N–H and O–H groups in total. The van der Waals surface area contributed by atoms with Crippen molar-refractivity contribution in [2.24, 2.45) is 0 Å². The monoisotopic (exact) mass is 304 g/mol. The molecule has 0 saturated heterocycles. The van der Waals surface area contributed by atoms with E-state index in [4.69, 9.17) is 9.68 Å². The van der Waals surface area contributed by atoms with Gasteiger partial charge in [-0.15, -0.1) is 0 Å². The first-order valence-electron chi connectivity index (χ1n) is 6.50. The highest BCUT2D eigenvalue weighted by atomic mass is 32.2. The van der Waals surface area contributed by atoms with Crippen LogP contribution in [0.3, 0.4) is 0 Å². The summed E-state index contributed by atoms with van der Waals surface area (Å²) in [6.45, 7) is 2.69. The zero-order valence-corrected chi connectivity index (χ0v) is 12.5. The van der Waals surface area contributed by atoms with Crippen LogP contribution in [0, 0.1) is 18.3 Å². The van der Waals surface area contributed by atoms with Crippen molar-refractivity contribution in [2.75, 3.05) is 12.3 Å². The molecule has 1 heterocycles. The summed E-state index contributed by atoms with van der Waals surface area (Å²) in [5.74, 6) is 1.61. The molecule has 6 heteroatoms. The number of sulfone groups is 1. The van der Waals surface area contributed by atoms with Crippen molar-refractivity contribution in [1.29, 1.82) is 5.26 Å². The minimum absolute atomic E-state index is 0.00140. The van der Waals surface area contributed by atoms with Gasteiger partial charge in [-0.3, -0.25) is 0 Å². The van der Waals surface area contributed by atoms with Crippen LogP contribution in [0.15, 0.2) is 45.7 Å². The molecule has 2 rings (SSSR count). The molecule has 21 heavy (non-hydrogen) atoms. The van der Waals surface area contributed by atoms with Crippen LogP contribution in [-0.4, -0.2) is 20.7 Å². The van der Waals surface area contributed by atoms with E-state index in [2.05, 4.69) is 5.32 Å². The average Bonchev–Trinajstić information content (AvgIpc) is 2.89. The van der Waals surface area contributed by atoms with Gasteiger partial charge in [0.1, 0.15) is 11.5 Å². The van der Waals surface area contributed by atoms with Gasteiger partial charge < -0.3 is 9.73 Å². The first-order valence-corrected chi connectivity index (χ1v) is 8.15. The van der Waals surface area contributed by atoms with Crippen LogP contribution in [0.1, 0.15) is 17.1 Å². The number of hydrogen-bond acceptors (Lipinski definition) is 5. The van der Waals surface area contributed by atoms with E-state index in [-0.39, 0.29) is 10.6 Å². The maximum atomic E-state index is 12.1. The molecule has 0 saturated carbocycles. The quantitative estimate of drug-likeness (QED) is 0.826. The summed E-state index contributed by atoms with van der Waals surface area (Å²) in [7, 11) is -3.34. The Kier molecular flexibility index (Phi) is 4.78. The predicted molar refractivity (Wildman–Crippen MR) is 78.4 cm³/mol. The number of rotatable bonds is 6. The fraction of sp³-hybridized carbons (Fsp3) is 0.267. The molecule has 1 aromatic heterocycles. The topological polar surface area (TPSA) is 83.1 Å². The molecule has 0 amide bonds. The van der Waals surface area contributed by atoms with Crippen molar-refractivity contribution in [3.05, 3.63) is 53.5 Å². The minimum atomic E-state index is -3.34. The lowest BCUT2D eigenvalue weighted by Gasteiger charge is -2.05. The lowest BCUT2D eigenvalue weighted by atomic mass is 10.2. The van der Waals surface area contributed by atoms with Gasteiger partial charge in [0.2, 0.25) is 0 Å². The fourth-order valence-electron chi connectivity index (χ4n) is 1.85. The highest BCUT2D eigenvalue weighted by Crippen LogP contribution is 2.12. The molecule has 1 aromatic carbocycles. The van der Waals surface area contributed by atoms with E-state index in [1.165, 1.54) is 24.3 Å². The van der Waals surface area contributed by atoms with Crippen LogP contribution in [0.5, 0.6) is 0 Å². The number of furan rings is 1. The third-order valence-electron chi connectivity index (χ3n) is 2.99. The summed E-state index contributed by atoms with van der Waals surface area (Å²) >= 11 is 0. The molecule has 0 bridgehead atoms. The molecule has 0 unspecified atom stereocenters. The van der Waals surface area contributed by atoms with Gasteiger partial charge in [0, 0.05) is 6.54 Å². The van der Waals surface area contributed by atoms with Crippen molar-refractivity contribution in [3.8, 4) is 6.07 Å². The Hall–Kier alpha value is -2.10. The van der Waals surface area contributed by atoms with Gasteiger partial charge in [0.15, 0.2) is 9.84 Å². The Balaban J connectivity index is 1.87. The Bertz CT molecular complexity index is 740. The van der Waals surface area contributed by atoms with E-state index in [1.807, 2.05) is 25.1 Å². The van der Waals surface area contributed by atoms with Crippen molar-refractivity contribution in [3.63, 3.8) is 0 Å². The van der Waals surface area contributed by atoms with Gasteiger partial charge >= 0.3 is 0 Å². The number of benzene rings is 1. The number of nitrogens with one attached hydrogen (secondary N) is 1. The van der Waals surface area contributed by atoms with Gasteiger partial charge in [-0.05, 0) is 43.3 Å². The number of hydrogen-bond donors (Lipinski definition) is 1. The minimum Gasteiger partial charge on any atom is -0.465 e. The van der Waals surface area contributed by atoms with Crippen LogP contribution in [0.4, 0.5) is 0 Å². The van der Waals surface area contributed by atoms with E-state index >= 15 is 0 Å². The summed E-state index contributed by atoms with van der Waals surface area (Å²) in [4.78, 5) is 0.233. The SMILES string of the molecule is Cc1ccc(CNCCS(=O)(=O)c2ccc(C#N)cc2)o1. The van der Waals surface area contributed by atoms with Gasteiger partial charge in [-0.25, -0.2) is 8.42 Å². The second-order valence-electron chi connectivity index (χ2n) is 4.64. The van der Waals surface area contributed by atoms with E-state index < -0.39 is 9.84 Å². The first kappa shape index (κ1) is 15.3. The van der Waals surface area contributed by atoms with E-state index in [0.717, 1.165) is 11.5 Å². The number of nitrogens with zero attached hydrogens (tertiary/aromatic N) is 1. The van der Waals surface area contributed by atoms with Crippen LogP contribution >= 0.6 is 0 Å². The second-order valence-corrected chi connectivity index (χ2v) is 6.75. The molecule has 0 spiro atoms. The molecule has 0 radical (unpaired) electrons. The summed E-state index contributed by atoms with van der Waals surface area (Å²) in [5.41, 5.74) is 0.445. The van der Waals surface area contributed by atoms with Gasteiger partial charge in [-0.2, -0.15) is 5.26 Å². The molecule has 110 valence electrons. The third kappa shape index (κ3) is 4.18. The molecular formula is C15H16N2O3S. The van der Waals surface area contributed by atoms with Crippen LogP contribution in [0.25, 0.3) is 0 Å². The highest BCUT2D eigenvalue weighted by Gasteiger charge is 2.13. The lowest BCUT2D eigenvalue weighted by molar-refractivity contribution is 0.465. The van der Waals surface area contributed by atoms with Crippen molar-refractivity contribution in [2.45, 2.75) is 18.4 Å². The van der Waals surface area contributed by atoms with Crippen molar-refractivity contribution < 1.29 is 12.8 Å². The van der Waals surface area contributed by atoms with E-state index in [0.29, 0.717) is 18.7 Å². The van der Waals surface area contributed by atoms with Crippen LogP contribution in [0.2, 0.25) is 0 Å². The molecule has 0 aliphatic heterocycles. The molecule has 0 aliphatic rings. The molecule has 5 nitrogen and oxygen atoms in total. The molecule has 2 aromatic rings. The first-order chi connectivity index (χ1) is 10.0. The van der Waals surface area contributed by atoms with Crippen molar-refractivity contribution >= 4 is 9.84 Å². The number of nitriles is 1. The summed E-state index contributed by atoms with van der Waals surface area (Å²) in [5, 5.41) is 11.7. The van der Waals surface area contributed by atoms with Crippen molar-refractivity contribution in [1.82, 2.24) is 5.32 Å². The smallest absolute Gasteiger partial charge is 0.179 e.